The van der Waals surface area contributed by atoms with Crippen molar-refractivity contribution < 1.29 is 29.9 Å². The van der Waals surface area contributed by atoms with Gasteiger partial charge in [-0.25, -0.2) is 9.78 Å². The molecule has 2 heterocycles. The number of carbonyl (C=O) groups is 2. The van der Waals surface area contributed by atoms with Crippen LogP contribution >= 0.6 is 12.4 Å². The lowest BCUT2D eigenvalue weighted by molar-refractivity contribution is 0.0693. The van der Waals surface area contributed by atoms with E-state index in [1.165, 1.54) is 24.4 Å². The molecule has 0 spiro atoms. The zero-order valence-corrected chi connectivity index (χ0v) is 17.4. The van der Waals surface area contributed by atoms with Crippen LogP contribution in [0.1, 0.15) is 26.3 Å². The number of nitrogens with one attached hydrogen (secondary N) is 2. The highest BCUT2D eigenvalue weighted by atomic mass is 35.5. The van der Waals surface area contributed by atoms with Gasteiger partial charge < -0.3 is 35.8 Å². The Bertz CT molecular complexity index is 909. The molecule has 1 fully saturated rings. The maximum atomic E-state index is 12.5. The first kappa shape index (κ1) is 24.4. The number of anilines is 1. The Morgan fingerprint density at radius 3 is 2.48 bits per heavy atom. The van der Waals surface area contributed by atoms with E-state index >= 15 is 0 Å². The maximum absolute atomic E-state index is 12.5. The predicted molar refractivity (Wildman–Crippen MR) is 117 cm³/mol. The van der Waals surface area contributed by atoms with Gasteiger partial charge in [0.2, 0.25) is 0 Å². The van der Waals surface area contributed by atoms with Crippen molar-refractivity contribution in [3.05, 3.63) is 53.2 Å². The molecule has 1 atom stereocenters. The van der Waals surface area contributed by atoms with Crippen molar-refractivity contribution >= 4 is 37.2 Å². The molecular weight excluding hydrogens is 426 g/mol. The number of nitrogens with zero attached hydrogens (tertiary/aromatic N) is 2. The van der Waals surface area contributed by atoms with Crippen LogP contribution in [0, 0.1) is 0 Å². The third kappa shape index (κ3) is 6.08. The van der Waals surface area contributed by atoms with Gasteiger partial charge in [-0.2, -0.15) is 0 Å². The Morgan fingerprint density at radius 1 is 1.19 bits per heavy atom. The molecule has 0 bridgehead atoms. The number of piperazine rings is 1. The van der Waals surface area contributed by atoms with E-state index in [9.17, 15) is 24.7 Å². The van der Waals surface area contributed by atoms with Crippen molar-refractivity contribution in [1.29, 1.82) is 0 Å². The summed E-state index contributed by atoms with van der Waals surface area (Å²) in [5, 5.41) is 44.3. The van der Waals surface area contributed by atoms with Crippen LogP contribution < -0.4 is 15.5 Å². The monoisotopic (exact) mass is 450 g/mol. The Morgan fingerprint density at radius 2 is 1.90 bits per heavy atom. The zero-order valence-electron chi connectivity index (χ0n) is 16.6. The number of amides is 1. The molecule has 6 N–H and O–H groups in total. The van der Waals surface area contributed by atoms with Gasteiger partial charge >= 0.3 is 13.1 Å². The first-order chi connectivity index (χ1) is 14.4. The number of pyridine rings is 1. The first-order valence-electron chi connectivity index (χ1n) is 9.49. The molecule has 1 aromatic carbocycles. The molecule has 31 heavy (non-hydrogen) atoms. The quantitative estimate of drug-likeness (QED) is 0.311. The Balaban J connectivity index is 0.00000341. The summed E-state index contributed by atoms with van der Waals surface area (Å²) in [4.78, 5) is 30.1. The first-order valence-corrected chi connectivity index (χ1v) is 9.49. The van der Waals surface area contributed by atoms with Crippen LogP contribution in [0.2, 0.25) is 0 Å². The molecule has 0 unspecified atom stereocenters. The van der Waals surface area contributed by atoms with Crippen molar-refractivity contribution in [2.75, 3.05) is 31.1 Å². The average molecular weight is 451 g/mol. The molecule has 1 aliphatic rings. The van der Waals surface area contributed by atoms with Crippen LogP contribution in [0.25, 0.3) is 0 Å². The third-order valence-electron chi connectivity index (χ3n) is 4.92. The lowest BCUT2D eigenvalue weighted by Gasteiger charge is -2.28. The van der Waals surface area contributed by atoms with E-state index < -0.39 is 30.7 Å². The van der Waals surface area contributed by atoms with Crippen molar-refractivity contribution in [3.63, 3.8) is 0 Å². The van der Waals surface area contributed by atoms with Crippen molar-refractivity contribution in [2.45, 2.75) is 12.4 Å². The topological polar surface area (TPSA) is 155 Å². The van der Waals surface area contributed by atoms with E-state index in [1.807, 2.05) is 0 Å². The number of aromatic hydroxyl groups is 1. The highest BCUT2D eigenvalue weighted by Gasteiger charge is 2.28. The summed E-state index contributed by atoms with van der Waals surface area (Å²) in [6, 6.07) is 7.44. The van der Waals surface area contributed by atoms with Crippen LogP contribution in [0.5, 0.6) is 5.75 Å². The molecule has 0 aliphatic carbocycles. The predicted octanol–water partition coefficient (Wildman–Crippen LogP) is -0.330. The van der Waals surface area contributed by atoms with Crippen molar-refractivity contribution in [3.8, 4) is 5.75 Å². The molecular formula is C19H24BClN4O6. The summed E-state index contributed by atoms with van der Waals surface area (Å²) in [6.45, 7) is 3.35. The molecule has 1 aliphatic heterocycles. The van der Waals surface area contributed by atoms with Gasteiger partial charge in [0.05, 0.1) is 11.5 Å². The van der Waals surface area contributed by atoms with Gasteiger partial charge in [-0.15, -0.1) is 12.4 Å². The molecule has 3 rings (SSSR count). The number of aromatic carboxylic acids is 1. The Labute approximate surface area is 185 Å². The summed E-state index contributed by atoms with van der Waals surface area (Å²) in [7, 11) is -1.92. The third-order valence-corrected chi connectivity index (χ3v) is 4.92. The summed E-state index contributed by atoms with van der Waals surface area (Å²) < 4.78 is 0. The molecule has 10 nitrogen and oxygen atoms in total. The summed E-state index contributed by atoms with van der Waals surface area (Å²) >= 11 is 0. The van der Waals surface area contributed by atoms with Crippen LogP contribution in [0.15, 0.2) is 36.5 Å². The lowest BCUT2D eigenvalue weighted by Crippen LogP contribution is -2.48. The molecule has 1 saturated heterocycles. The van der Waals surface area contributed by atoms with Crippen LogP contribution in [-0.2, 0) is 6.42 Å². The van der Waals surface area contributed by atoms with Gasteiger partial charge in [0.1, 0.15) is 17.1 Å². The standard InChI is InChI=1S/C19H23BN4O6.ClH/c25-17-12(2-1-3-14(17)19(27)28)10-15(20(29)30)23-18(26)13-4-5-16(22-11-13)24-8-6-21-7-9-24;/h1-5,11,15,21,25,29-30H,6-10H2,(H,23,26)(H,27,28);1H/t15-;/m0./s1. The number of phenols is 1. The minimum absolute atomic E-state index is 0. The van der Waals surface area contributed by atoms with E-state index in [-0.39, 0.29) is 35.5 Å². The number of carboxylic acid groups (broad SMARTS) is 1. The van der Waals surface area contributed by atoms with Gasteiger partial charge in [0.25, 0.3) is 5.91 Å². The van der Waals surface area contributed by atoms with Gasteiger partial charge in [-0.3, -0.25) is 4.79 Å². The Hall–Kier alpha value is -2.86. The van der Waals surface area contributed by atoms with E-state index in [2.05, 4.69) is 20.5 Å². The second kappa shape index (κ2) is 11.0. The highest BCUT2D eigenvalue weighted by molar-refractivity contribution is 6.43. The van der Waals surface area contributed by atoms with Crippen molar-refractivity contribution in [2.24, 2.45) is 0 Å². The molecule has 0 saturated carbocycles. The second-order valence-electron chi connectivity index (χ2n) is 6.96. The fourth-order valence-corrected chi connectivity index (χ4v) is 3.25. The fraction of sp³-hybridized carbons (Fsp3) is 0.316. The maximum Gasteiger partial charge on any atom is 0.475 e. The van der Waals surface area contributed by atoms with Crippen LogP contribution in [0.3, 0.4) is 0 Å². The SMILES string of the molecule is Cl.O=C(N[C@@H](Cc1cccc(C(=O)O)c1O)B(O)O)c1ccc(N2CCNCC2)nc1. The molecule has 12 heteroatoms. The number of carboxylic acids is 1. The van der Waals surface area contributed by atoms with E-state index in [1.54, 1.807) is 12.1 Å². The number of para-hydroxylation sites is 1. The van der Waals surface area contributed by atoms with Crippen molar-refractivity contribution in [1.82, 2.24) is 15.6 Å². The Kier molecular flexibility index (Phi) is 8.63. The number of benzene rings is 1. The average Bonchev–Trinajstić information content (AvgIpc) is 2.75. The zero-order chi connectivity index (χ0) is 21.7. The summed E-state index contributed by atoms with van der Waals surface area (Å²) in [5.41, 5.74) is 0.0984. The van der Waals surface area contributed by atoms with E-state index in [0.29, 0.717) is 0 Å². The smallest absolute Gasteiger partial charge is 0.475 e. The van der Waals surface area contributed by atoms with E-state index in [4.69, 9.17) is 5.11 Å². The number of aromatic nitrogens is 1. The van der Waals surface area contributed by atoms with E-state index in [0.717, 1.165) is 32.0 Å². The minimum atomic E-state index is -1.92. The number of hydrogen-bond acceptors (Lipinski definition) is 8. The number of carbonyl (C=O) groups excluding carboxylic acids is 1. The minimum Gasteiger partial charge on any atom is -0.507 e. The lowest BCUT2D eigenvalue weighted by atomic mass is 9.75. The number of halogens is 1. The van der Waals surface area contributed by atoms with Gasteiger partial charge in [-0.05, 0) is 30.2 Å². The number of rotatable bonds is 7. The van der Waals surface area contributed by atoms with Gasteiger partial charge in [-0.1, -0.05) is 12.1 Å². The molecule has 1 aromatic heterocycles. The molecule has 1 amide bonds. The van der Waals surface area contributed by atoms with Gasteiger partial charge in [0.15, 0.2) is 0 Å². The second-order valence-corrected chi connectivity index (χ2v) is 6.96. The summed E-state index contributed by atoms with van der Waals surface area (Å²) in [6.07, 6.45) is 1.23. The fourth-order valence-electron chi connectivity index (χ4n) is 3.25. The largest absolute Gasteiger partial charge is 0.507 e. The van der Waals surface area contributed by atoms with Gasteiger partial charge in [0, 0.05) is 32.4 Å². The molecule has 2 aromatic rings. The molecule has 0 radical (unpaired) electrons. The normalized spacial score (nSPS) is 14.3. The van der Waals surface area contributed by atoms with Crippen LogP contribution in [-0.4, -0.2) is 76.4 Å². The molecule has 166 valence electrons. The summed E-state index contributed by atoms with van der Waals surface area (Å²) in [5.74, 6) is -2.77. The highest BCUT2D eigenvalue weighted by Crippen LogP contribution is 2.24. The number of hydrogen-bond donors (Lipinski definition) is 6. The van der Waals surface area contributed by atoms with Crippen LogP contribution in [0.4, 0.5) is 5.82 Å².